The highest BCUT2D eigenvalue weighted by Gasteiger charge is 2.27. The fraction of sp³-hybridized carbons (Fsp3) is 0.211. The molecule has 0 fully saturated rings. The van der Waals surface area contributed by atoms with Crippen LogP contribution in [0.4, 0.5) is 0 Å². The minimum absolute atomic E-state index is 0.205. The zero-order chi connectivity index (χ0) is 42.6. The molecule has 60 heavy (non-hydrogen) atoms. The summed E-state index contributed by atoms with van der Waals surface area (Å²) in [6, 6.07) is 28.2. The first-order valence-electron chi connectivity index (χ1n) is 21.3. The van der Waals surface area contributed by atoms with Gasteiger partial charge in [0, 0.05) is 17.7 Å². The third-order valence-corrected chi connectivity index (χ3v) is 11.7. The summed E-state index contributed by atoms with van der Waals surface area (Å²) in [6.45, 7) is 31.6. The van der Waals surface area contributed by atoms with Gasteiger partial charge in [0.1, 0.15) is 0 Å². The topological polar surface area (TPSA) is 27.6 Å². The standard InChI is InChI=1S/C57H61N3/c1-10-23-49(41(6)11-2)55(42(7)12-3)52-28-19-17-26-46(52)38-40(5)31-32-44(9)43(8)24-15-14-22-37-60(13-4)57-58-54-30-21-20-29-53(54)56(59-57)48-35-36-51-47(39-48)34-33-45-25-16-18-27-50(45)51/h11-12,14-22,24-36,39,46,52,57,59H,2-3,5,8-10,13,23,37-38H2,1,4,6-7H3/b22-14-,24-15-,32-31-,49-41+,55-42-/t46?,52-,57-/m0/s1. The van der Waals surface area contributed by atoms with Crippen molar-refractivity contribution < 1.29 is 0 Å². The highest BCUT2D eigenvalue weighted by molar-refractivity contribution is 6.08. The van der Waals surface area contributed by atoms with Crippen LogP contribution in [0.3, 0.4) is 0 Å². The minimum atomic E-state index is -0.205. The molecule has 1 aliphatic heterocycles. The first-order chi connectivity index (χ1) is 29.2. The summed E-state index contributed by atoms with van der Waals surface area (Å²) in [5, 5.41) is 10.9. The average molecular weight is 788 g/mol. The molecular weight excluding hydrogens is 727 g/mol. The number of hydrogen-bond donors (Lipinski definition) is 1. The second kappa shape index (κ2) is 20.6. The molecule has 1 heterocycles. The Labute approximate surface area is 359 Å². The van der Waals surface area contributed by atoms with Gasteiger partial charge in [-0.05, 0) is 112 Å². The van der Waals surface area contributed by atoms with E-state index >= 15 is 0 Å². The van der Waals surface area contributed by atoms with Gasteiger partial charge in [0.15, 0.2) is 6.29 Å². The van der Waals surface area contributed by atoms with Gasteiger partial charge < -0.3 is 5.32 Å². The van der Waals surface area contributed by atoms with Gasteiger partial charge in [-0.25, -0.2) is 4.99 Å². The van der Waals surface area contributed by atoms with E-state index in [4.69, 9.17) is 4.99 Å². The lowest BCUT2D eigenvalue weighted by molar-refractivity contribution is 0.211. The lowest BCUT2D eigenvalue weighted by atomic mass is 9.74. The largest absolute Gasteiger partial charge is 0.350 e. The Kier molecular flexibility index (Phi) is 14.9. The van der Waals surface area contributed by atoms with Crippen LogP contribution in [0.15, 0.2) is 229 Å². The van der Waals surface area contributed by atoms with Crippen molar-refractivity contribution in [2.45, 2.75) is 53.2 Å². The summed E-state index contributed by atoms with van der Waals surface area (Å²) in [5.74, 6) is 0.511. The molecule has 1 aliphatic carbocycles. The van der Waals surface area contributed by atoms with Crippen molar-refractivity contribution in [1.82, 2.24) is 10.2 Å². The summed E-state index contributed by atoms with van der Waals surface area (Å²) in [7, 11) is 0. The Morgan fingerprint density at radius 1 is 0.767 bits per heavy atom. The van der Waals surface area contributed by atoms with Gasteiger partial charge in [0.05, 0.1) is 11.1 Å². The van der Waals surface area contributed by atoms with Crippen molar-refractivity contribution in [3.8, 4) is 0 Å². The van der Waals surface area contributed by atoms with E-state index < -0.39 is 0 Å². The zero-order valence-corrected chi connectivity index (χ0v) is 36.1. The van der Waals surface area contributed by atoms with Crippen LogP contribution in [-0.4, -0.2) is 24.3 Å². The average Bonchev–Trinajstić information content (AvgIpc) is 3.28. The van der Waals surface area contributed by atoms with Gasteiger partial charge in [0.2, 0.25) is 0 Å². The van der Waals surface area contributed by atoms with E-state index in [1.54, 1.807) is 0 Å². The fourth-order valence-corrected chi connectivity index (χ4v) is 8.29. The number of benzene rings is 4. The molecule has 0 saturated heterocycles. The van der Waals surface area contributed by atoms with Crippen molar-refractivity contribution in [1.29, 1.82) is 0 Å². The summed E-state index contributed by atoms with van der Waals surface area (Å²) in [5.41, 5.74) is 10.2. The van der Waals surface area contributed by atoms with Gasteiger partial charge in [0.25, 0.3) is 0 Å². The van der Waals surface area contributed by atoms with E-state index in [0.29, 0.717) is 0 Å². The van der Waals surface area contributed by atoms with Crippen molar-refractivity contribution in [3.05, 3.63) is 240 Å². The maximum atomic E-state index is 5.15. The third-order valence-electron chi connectivity index (χ3n) is 11.7. The first-order valence-corrected chi connectivity index (χ1v) is 21.3. The molecule has 304 valence electrons. The molecule has 3 nitrogen and oxygen atoms in total. The van der Waals surface area contributed by atoms with Crippen LogP contribution in [0.5, 0.6) is 0 Å². The highest BCUT2D eigenvalue weighted by Crippen LogP contribution is 2.39. The smallest absolute Gasteiger partial charge is 0.177 e. The summed E-state index contributed by atoms with van der Waals surface area (Å²) >= 11 is 0. The first kappa shape index (κ1) is 43.3. The van der Waals surface area contributed by atoms with E-state index in [9.17, 15) is 0 Å². The number of hydrogen-bond acceptors (Lipinski definition) is 3. The highest BCUT2D eigenvalue weighted by atomic mass is 15.4. The van der Waals surface area contributed by atoms with Crippen LogP contribution in [0, 0.1) is 11.8 Å². The molecular formula is C57H61N3. The molecule has 3 heteroatoms. The maximum absolute atomic E-state index is 5.15. The van der Waals surface area contributed by atoms with Crippen molar-refractivity contribution in [3.63, 3.8) is 0 Å². The number of nitrogens with zero attached hydrogens (tertiary/aromatic N) is 2. The van der Waals surface area contributed by atoms with E-state index in [-0.39, 0.29) is 18.1 Å². The monoisotopic (exact) mass is 787 g/mol. The Morgan fingerprint density at radius 2 is 1.48 bits per heavy atom. The van der Waals surface area contributed by atoms with Crippen molar-refractivity contribution in [2.75, 3.05) is 13.1 Å². The predicted octanol–water partition coefficient (Wildman–Crippen LogP) is 12.9. The van der Waals surface area contributed by atoms with Crippen molar-refractivity contribution in [2.24, 2.45) is 16.8 Å². The molecule has 0 radical (unpaired) electrons. The molecule has 0 aromatic heterocycles. The molecule has 2 aliphatic rings. The van der Waals surface area contributed by atoms with Crippen LogP contribution in [0.1, 0.15) is 52.5 Å². The Bertz CT molecular complexity index is 2650. The number of fused-ring (bicyclic) bond motifs is 4. The molecule has 4 aromatic rings. The molecule has 0 spiro atoms. The van der Waals surface area contributed by atoms with Crippen molar-refractivity contribution >= 4 is 27.2 Å². The summed E-state index contributed by atoms with van der Waals surface area (Å²) < 4.78 is 0. The van der Waals surface area contributed by atoms with E-state index in [0.717, 1.165) is 70.9 Å². The molecule has 0 saturated carbocycles. The minimum Gasteiger partial charge on any atom is -0.350 e. The van der Waals surface area contributed by atoms with Crippen LogP contribution < -0.4 is 15.9 Å². The molecule has 4 aromatic carbocycles. The van der Waals surface area contributed by atoms with E-state index in [1.165, 1.54) is 43.8 Å². The number of allylic oxidation sites excluding steroid dienone is 18. The third kappa shape index (κ3) is 10.1. The van der Waals surface area contributed by atoms with Gasteiger partial charge in [-0.15, -0.1) is 0 Å². The van der Waals surface area contributed by atoms with Gasteiger partial charge in [-0.3, -0.25) is 4.90 Å². The molecule has 0 bridgehead atoms. The SMILES string of the molecule is C=C/C(C)=C(CCC)/C(=C(\C)C=C)[C@H]1C=CC=CC1CC(=C)/C=C\C(=C)C(=C)/C=C\C=C/CN(CC)[C@H]1N=c2ccccc2=C(c2ccc3c(ccc4ccccc43)c2)N1. The number of rotatable bonds is 18. The molecule has 6 rings (SSSR count). The Morgan fingerprint density at radius 3 is 2.27 bits per heavy atom. The molecule has 3 atom stereocenters. The molecule has 1 N–H and O–H groups in total. The van der Waals surface area contributed by atoms with Crippen LogP contribution >= 0.6 is 0 Å². The van der Waals surface area contributed by atoms with E-state index in [1.807, 2.05) is 30.4 Å². The quantitative estimate of drug-likeness (QED) is 0.0803. The van der Waals surface area contributed by atoms with Crippen LogP contribution in [-0.2, 0) is 0 Å². The second-order valence-corrected chi connectivity index (χ2v) is 15.8. The number of nitrogens with one attached hydrogen (secondary N) is 1. The van der Waals surface area contributed by atoms with Gasteiger partial charge in [-0.2, -0.15) is 0 Å². The molecule has 0 amide bonds. The Hall–Kier alpha value is -6.29. The molecule has 1 unspecified atom stereocenters. The van der Waals surface area contributed by atoms with E-state index in [2.05, 4.69) is 192 Å². The number of para-hydroxylation sites is 1. The van der Waals surface area contributed by atoms with Gasteiger partial charge in [-0.1, -0.05) is 198 Å². The summed E-state index contributed by atoms with van der Waals surface area (Å²) in [6.07, 6.45) is 28.1. The number of likely N-dealkylation sites (N-methyl/N-ethyl adjacent to an activating group) is 1. The predicted molar refractivity (Wildman–Crippen MR) is 261 cm³/mol. The zero-order valence-electron chi connectivity index (χ0n) is 36.1. The Balaban J connectivity index is 1.08. The lowest BCUT2D eigenvalue weighted by Crippen LogP contribution is -2.51. The van der Waals surface area contributed by atoms with Gasteiger partial charge >= 0.3 is 0 Å². The maximum Gasteiger partial charge on any atom is 0.177 e. The van der Waals surface area contributed by atoms with Crippen LogP contribution in [0.2, 0.25) is 0 Å². The normalized spacial score (nSPS) is 18.4. The second-order valence-electron chi connectivity index (χ2n) is 15.8. The fourth-order valence-electron chi connectivity index (χ4n) is 8.29. The summed E-state index contributed by atoms with van der Waals surface area (Å²) in [4.78, 5) is 7.48. The van der Waals surface area contributed by atoms with Crippen LogP contribution in [0.25, 0.3) is 27.2 Å². The lowest BCUT2D eigenvalue weighted by Gasteiger charge is -2.31.